The largest absolute Gasteiger partial charge is 0.512 e. The highest BCUT2D eigenvalue weighted by molar-refractivity contribution is 7.52. The van der Waals surface area contributed by atoms with Crippen LogP contribution in [0.25, 0.3) is 0 Å². The minimum absolute atomic E-state index is 0.205. The number of hydrogen-bond acceptors (Lipinski definition) is 9. The molecular weight excluding hydrogens is 453 g/mol. The van der Waals surface area contributed by atoms with E-state index in [-0.39, 0.29) is 12.4 Å². The van der Waals surface area contributed by atoms with Crippen molar-refractivity contribution >= 4 is 13.7 Å². The SMILES string of the molecule is NC(=O)c1ncn(C2O[C@H](CNP(=O)(Oc3ccccc3)Oc3ccccc3)[C@@H](O)[C@H]2O)n1. The number of rotatable bonds is 9. The van der Waals surface area contributed by atoms with Gasteiger partial charge in [0.2, 0.25) is 5.82 Å². The average Bonchev–Trinajstić information content (AvgIpc) is 3.40. The number of benzene rings is 2. The molecule has 0 aliphatic carbocycles. The van der Waals surface area contributed by atoms with Crippen molar-refractivity contribution in [3.05, 3.63) is 72.8 Å². The molecule has 4 atom stereocenters. The Morgan fingerprint density at radius 1 is 1.06 bits per heavy atom. The van der Waals surface area contributed by atoms with Crippen LogP contribution in [0, 0.1) is 0 Å². The van der Waals surface area contributed by atoms with Crippen LogP contribution in [0.4, 0.5) is 0 Å². The second kappa shape index (κ2) is 9.69. The first-order chi connectivity index (χ1) is 15.8. The predicted octanol–water partition coefficient (Wildman–Crippen LogP) is 0.852. The van der Waals surface area contributed by atoms with Gasteiger partial charge in [0, 0.05) is 6.54 Å². The summed E-state index contributed by atoms with van der Waals surface area (Å²) in [5.41, 5.74) is 5.14. The van der Waals surface area contributed by atoms with Crippen molar-refractivity contribution in [1.29, 1.82) is 0 Å². The van der Waals surface area contributed by atoms with Gasteiger partial charge < -0.3 is 29.7 Å². The summed E-state index contributed by atoms with van der Waals surface area (Å²) >= 11 is 0. The molecule has 1 aromatic heterocycles. The van der Waals surface area contributed by atoms with Crippen molar-refractivity contribution in [2.24, 2.45) is 5.73 Å². The number of nitrogens with zero attached hydrogens (tertiary/aromatic N) is 3. The fourth-order valence-electron chi connectivity index (χ4n) is 3.15. The Labute approximate surface area is 188 Å². The van der Waals surface area contributed by atoms with E-state index in [1.807, 2.05) is 0 Å². The van der Waals surface area contributed by atoms with Gasteiger partial charge in [-0.15, -0.1) is 5.10 Å². The normalized spacial score (nSPS) is 22.7. The number of primary amides is 1. The maximum Gasteiger partial charge on any atom is 0.512 e. The van der Waals surface area contributed by atoms with Gasteiger partial charge in [-0.3, -0.25) is 4.79 Å². The number of nitrogens with one attached hydrogen (secondary N) is 1. The Morgan fingerprint density at radius 2 is 1.64 bits per heavy atom. The predicted molar refractivity (Wildman–Crippen MR) is 114 cm³/mol. The van der Waals surface area contributed by atoms with Gasteiger partial charge in [0.25, 0.3) is 5.91 Å². The molecule has 1 fully saturated rings. The average molecular weight is 475 g/mol. The molecule has 0 saturated carbocycles. The zero-order valence-electron chi connectivity index (χ0n) is 17.2. The highest BCUT2D eigenvalue weighted by Gasteiger charge is 2.45. The van der Waals surface area contributed by atoms with E-state index >= 15 is 0 Å². The molecule has 13 heteroatoms. The van der Waals surface area contributed by atoms with Gasteiger partial charge in [-0.25, -0.2) is 14.2 Å². The molecule has 3 aromatic rings. The summed E-state index contributed by atoms with van der Waals surface area (Å²) in [6.07, 6.45) is -3.78. The summed E-state index contributed by atoms with van der Waals surface area (Å²) in [5.74, 6) is -0.510. The van der Waals surface area contributed by atoms with Crippen molar-refractivity contribution in [1.82, 2.24) is 19.9 Å². The van der Waals surface area contributed by atoms with Crippen LogP contribution >= 0.6 is 7.75 Å². The Balaban J connectivity index is 1.48. The van der Waals surface area contributed by atoms with Gasteiger partial charge in [0.05, 0.1) is 0 Å². The van der Waals surface area contributed by atoms with Crippen LogP contribution in [0.3, 0.4) is 0 Å². The number of amides is 1. The lowest BCUT2D eigenvalue weighted by Gasteiger charge is -2.22. The molecule has 1 saturated heterocycles. The van der Waals surface area contributed by atoms with Crippen LogP contribution in [0.1, 0.15) is 16.8 Å². The molecule has 1 aliphatic heterocycles. The third-order valence-corrected chi connectivity index (χ3v) is 6.22. The molecule has 12 nitrogen and oxygen atoms in total. The van der Waals surface area contributed by atoms with Gasteiger partial charge in [-0.1, -0.05) is 36.4 Å². The van der Waals surface area contributed by atoms with E-state index in [0.29, 0.717) is 11.5 Å². The van der Waals surface area contributed by atoms with Crippen molar-refractivity contribution in [3.63, 3.8) is 0 Å². The number of carbonyl (C=O) groups is 1. The molecule has 0 bridgehead atoms. The monoisotopic (exact) mass is 475 g/mol. The van der Waals surface area contributed by atoms with Gasteiger partial charge in [-0.05, 0) is 24.3 Å². The van der Waals surface area contributed by atoms with Gasteiger partial charge >= 0.3 is 7.75 Å². The van der Waals surface area contributed by atoms with Gasteiger partial charge in [-0.2, -0.15) is 5.09 Å². The maximum absolute atomic E-state index is 13.5. The molecule has 2 aromatic carbocycles. The molecule has 1 amide bonds. The highest BCUT2D eigenvalue weighted by Crippen LogP contribution is 2.45. The fraction of sp³-hybridized carbons (Fsp3) is 0.250. The second-order valence-electron chi connectivity index (χ2n) is 7.13. The van der Waals surface area contributed by atoms with E-state index in [4.69, 9.17) is 19.5 Å². The molecule has 2 heterocycles. The highest BCUT2D eigenvalue weighted by atomic mass is 31.2. The van der Waals surface area contributed by atoms with E-state index in [2.05, 4.69) is 15.2 Å². The fourth-order valence-corrected chi connectivity index (χ4v) is 4.52. The Bertz CT molecular complexity index is 1080. The maximum atomic E-state index is 13.5. The molecule has 0 spiro atoms. The minimum atomic E-state index is -3.98. The molecule has 33 heavy (non-hydrogen) atoms. The van der Waals surface area contributed by atoms with E-state index in [9.17, 15) is 19.6 Å². The van der Waals surface area contributed by atoms with Crippen LogP contribution in [-0.4, -0.2) is 55.7 Å². The summed E-state index contributed by atoms with van der Waals surface area (Å²) in [6, 6.07) is 16.9. The lowest BCUT2D eigenvalue weighted by molar-refractivity contribution is -0.0430. The summed E-state index contributed by atoms with van der Waals surface area (Å²) in [6.45, 7) is -0.205. The zero-order valence-corrected chi connectivity index (χ0v) is 18.1. The van der Waals surface area contributed by atoms with Crippen LogP contribution in [0.5, 0.6) is 11.5 Å². The smallest absolute Gasteiger partial charge is 0.405 e. The summed E-state index contributed by atoms with van der Waals surface area (Å²) in [4.78, 5) is 14.9. The van der Waals surface area contributed by atoms with Crippen LogP contribution in [-0.2, 0) is 9.30 Å². The number of hydrogen-bond donors (Lipinski definition) is 4. The Kier molecular flexibility index (Phi) is 6.72. The van der Waals surface area contributed by atoms with Crippen molar-refractivity contribution in [2.45, 2.75) is 24.5 Å². The quantitative estimate of drug-likeness (QED) is 0.325. The number of ether oxygens (including phenoxy) is 1. The second-order valence-corrected chi connectivity index (χ2v) is 8.80. The standard InChI is InChI=1S/C20H22N5O7P/c21-18(28)19-22-12-25(24-19)20-17(27)16(26)15(30-20)11-23-33(29,31-13-7-3-1-4-8-13)32-14-9-5-2-6-10-14/h1-10,12,15-17,20,26-27H,11H2,(H2,21,28)(H,23,29)/t15-,16-,17-,20?/m1/s1. The third-order valence-electron chi connectivity index (χ3n) is 4.75. The number of aliphatic hydroxyl groups is 2. The molecule has 5 N–H and O–H groups in total. The number of nitrogens with two attached hydrogens (primary N) is 1. The Morgan fingerprint density at radius 3 is 2.15 bits per heavy atom. The number of carbonyl (C=O) groups excluding carboxylic acids is 1. The molecule has 0 radical (unpaired) electrons. The van der Waals surface area contributed by atoms with E-state index in [1.165, 1.54) is 0 Å². The first-order valence-electron chi connectivity index (χ1n) is 9.92. The number of para-hydroxylation sites is 2. The van der Waals surface area contributed by atoms with Gasteiger partial charge in [0.15, 0.2) is 6.23 Å². The summed E-state index contributed by atoms with van der Waals surface area (Å²) in [7, 11) is -3.98. The molecule has 1 aliphatic rings. The van der Waals surface area contributed by atoms with Crippen molar-refractivity contribution in [2.75, 3.05) is 6.54 Å². The van der Waals surface area contributed by atoms with Crippen LogP contribution in [0.2, 0.25) is 0 Å². The topological polar surface area (TPSA) is 171 Å². The number of aliphatic hydroxyl groups excluding tert-OH is 2. The molecule has 4 rings (SSSR count). The van der Waals surface area contributed by atoms with Crippen LogP contribution in [0.15, 0.2) is 67.0 Å². The first-order valence-corrected chi connectivity index (χ1v) is 11.5. The van der Waals surface area contributed by atoms with E-state index < -0.39 is 38.2 Å². The molecule has 174 valence electrons. The molecular formula is C20H22N5O7P. The van der Waals surface area contributed by atoms with Crippen molar-refractivity contribution in [3.8, 4) is 11.5 Å². The first kappa shape index (κ1) is 22.9. The number of aromatic nitrogens is 3. The minimum Gasteiger partial charge on any atom is -0.405 e. The zero-order chi connectivity index (χ0) is 23.4. The summed E-state index contributed by atoms with van der Waals surface area (Å²) in [5, 5.41) is 27.4. The third kappa shape index (κ3) is 5.38. The molecule has 1 unspecified atom stereocenters. The van der Waals surface area contributed by atoms with Crippen LogP contribution < -0.4 is 19.9 Å². The van der Waals surface area contributed by atoms with Crippen molar-refractivity contribution < 1.29 is 33.4 Å². The van der Waals surface area contributed by atoms with E-state index in [0.717, 1.165) is 11.0 Å². The Hall–Kier alpha value is -3.28. The van der Waals surface area contributed by atoms with Gasteiger partial charge in [0.1, 0.15) is 36.1 Å². The summed E-state index contributed by atoms with van der Waals surface area (Å²) < 4.78 is 31.5. The van der Waals surface area contributed by atoms with E-state index in [1.54, 1.807) is 60.7 Å². The lowest BCUT2D eigenvalue weighted by Crippen LogP contribution is -2.37. The lowest BCUT2D eigenvalue weighted by atomic mass is 10.1.